The number of anilines is 4. The lowest BCUT2D eigenvalue weighted by molar-refractivity contribution is -0.00860. The van der Waals surface area contributed by atoms with Gasteiger partial charge in [0, 0.05) is 30.5 Å². The third kappa shape index (κ3) is 4.63. The summed E-state index contributed by atoms with van der Waals surface area (Å²) in [6.45, 7) is 5.85. The van der Waals surface area contributed by atoms with E-state index < -0.39 is 24.1 Å². The molecule has 5 rings (SSSR count). The minimum atomic E-state index is -1.75. The lowest BCUT2D eigenvalue weighted by Gasteiger charge is -2.38. The van der Waals surface area contributed by atoms with Gasteiger partial charge in [-0.3, -0.25) is 0 Å². The van der Waals surface area contributed by atoms with Crippen LogP contribution in [0.2, 0.25) is 0 Å². The van der Waals surface area contributed by atoms with E-state index in [9.17, 15) is 18.3 Å². The van der Waals surface area contributed by atoms with Crippen LogP contribution in [0.5, 0.6) is 0 Å². The summed E-state index contributed by atoms with van der Waals surface area (Å²) in [4.78, 5) is 21.2. The number of rotatable bonds is 5. The van der Waals surface area contributed by atoms with Gasteiger partial charge in [0.15, 0.2) is 18.0 Å². The van der Waals surface area contributed by atoms with Crippen molar-refractivity contribution in [2.75, 3.05) is 41.3 Å². The van der Waals surface area contributed by atoms with Gasteiger partial charge < -0.3 is 20.2 Å². The molecule has 0 aliphatic carbocycles. The molecule has 2 aliphatic rings. The minimum absolute atomic E-state index is 0.00462. The Morgan fingerprint density at radius 1 is 1.06 bits per heavy atom. The van der Waals surface area contributed by atoms with E-state index in [4.69, 9.17) is 0 Å². The number of nitrogens with zero attached hydrogens (tertiary/aromatic N) is 6. The van der Waals surface area contributed by atoms with Crippen molar-refractivity contribution in [3.63, 3.8) is 0 Å². The third-order valence-corrected chi connectivity index (χ3v) is 6.93. The average molecular weight is 502 g/mol. The predicted octanol–water partition coefficient (Wildman–Crippen LogP) is 4.08. The lowest BCUT2D eigenvalue weighted by Crippen LogP contribution is -2.52. The fourth-order valence-corrected chi connectivity index (χ4v) is 4.83. The number of alkyl halides is 3. The second-order valence-electron chi connectivity index (χ2n) is 10.1. The van der Waals surface area contributed by atoms with Gasteiger partial charge >= 0.3 is 0 Å². The van der Waals surface area contributed by atoms with Crippen molar-refractivity contribution in [3.05, 3.63) is 36.3 Å². The standard InChI is InChI=1S/C25H30F3N7O/c1-14(2)16-9-31-23(35-11-18(26)19(27)12-35)17-10-30-22(8-15(16)17)32-21-4-6-29-24(33-21)34-7-5-20(36)25(3,28)13-34/h4,6,8-10,14,18-20,36H,5,7,11-13H2,1-3H3,(H,29,30,32,33)/t18-,19-,20-,25+/m1/s1. The molecule has 2 saturated heterocycles. The van der Waals surface area contributed by atoms with Gasteiger partial charge in [0.2, 0.25) is 5.95 Å². The Balaban J connectivity index is 1.44. The first-order valence-electron chi connectivity index (χ1n) is 12.2. The molecule has 0 saturated carbocycles. The summed E-state index contributed by atoms with van der Waals surface area (Å²) < 4.78 is 42.4. The highest BCUT2D eigenvalue weighted by Gasteiger charge is 2.40. The molecule has 2 fully saturated rings. The highest BCUT2D eigenvalue weighted by Crippen LogP contribution is 2.35. The third-order valence-electron chi connectivity index (χ3n) is 6.93. The number of nitrogens with one attached hydrogen (secondary N) is 1. The monoisotopic (exact) mass is 501 g/mol. The zero-order chi connectivity index (χ0) is 25.6. The summed E-state index contributed by atoms with van der Waals surface area (Å²) in [6, 6.07) is 3.57. The predicted molar refractivity (Wildman–Crippen MR) is 133 cm³/mol. The van der Waals surface area contributed by atoms with Gasteiger partial charge in [-0.05, 0) is 42.3 Å². The number of hydrogen-bond donors (Lipinski definition) is 2. The molecule has 0 radical (unpaired) electrons. The molecule has 2 aliphatic heterocycles. The number of halogens is 3. The van der Waals surface area contributed by atoms with Crippen LogP contribution in [-0.4, -0.2) is 75.3 Å². The van der Waals surface area contributed by atoms with E-state index in [1.54, 1.807) is 34.5 Å². The van der Waals surface area contributed by atoms with Gasteiger partial charge in [0.25, 0.3) is 0 Å². The molecule has 0 aromatic carbocycles. The van der Waals surface area contributed by atoms with Gasteiger partial charge in [0.1, 0.15) is 17.5 Å². The maximum absolute atomic E-state index is 14.7. The summed E-state index contributed by atoms with van der Waals surface area (Å²) in [7, 11) is 0. The summed E-state index contributed by atoms with van der Waals surface area (Å²) in [5.41, 5.74) is -0.756. The normalized spacial score (nSPS) is 26.7. The highest BCUT2D eigenvalue weighted by atomic mass is 19.2. The molecule has 0 unspecified atom stereocenters. The molecule has 0 spiro atoms. The molecule has 3 aromatic rings. The topological polar surface area (TPSA) is 90.3 Å². The van der Waals surface area contributed by atoms with Crippen LogP contribution >= 0.6 is 0 Å². The summed E-state index contributed by atoms with van der Waals surface area (Å²) in [6.07, 6.45) is 1.20. The van der Waals surface area contributed by atoms with Crippen LogP contribution in [-0.2, 0) is 0 Å². The number of hydrogen-bond acceptors (Lipinski definition) is 8. The molecule has 4 atom stereocenters. The first-order chi connectivity index (χ1) is 17.1. The Labute approximate surface area is 207 Å². The number of piperidine rings is 1. The van der Waals surface area contributed by atoms with E-state index in [1.165, 1.54) is 6.92 Å². The van der Waals surface area contributed by atoms with Crippen molar-refractivity contribution < 1.29 is 18.3 Å². The Kier molecular flexibility index (Phi) is 6.36. The Bertz CT molecular complexity index is 1250. The van der Waals surface area contributed by atoms with Crippen LogP contribution in [0.25, 0.3) is 10.8 Å². The zero-order valence-electron chi connectivity index (χ0n) is 20.5. The lowest BCUT2D eigenvalue weighted by atomic mass is 9.94. The first-order valence-corrected chi connectivity index (χ1v) is 12.2. The molecule has 192 valence electrons. The Morgan fingerprint density at radius 2 is 1.81 bits per heavy atom. The molecule has 11 heteroatoms. The molecule has 0 amide bonds. The van der Waals surface area contributed by atoms with Gasteiger partial charge in [-0.15, -0.1) is 0 Å². The van der Waals surface area contributed by atoms with Crippen LogP contribution in [0.4, 0.5) is 36.6 Å². The molecule has 0 bridgehead atoms. The van der Waals surface area contributed by atoms with Gasteiger partial charge in [-0.1, -0.05) is 13.8 Å². The number of pyridine rings is 2. The fourth-order valence-electron chi connectivity index (χ4n) is 4.83. The van der Waals surface area contributed by atoms with E-state index in [2.05, 4.69) is 39.1 Å². The van der Waals surface area contributed by atoms with E-state index in [1.807, 2.05) is 6.07 Å². The molecular weight excluding hydrogens is 471 g/mol. The van der Waals surface area contributed by atoms with Crippen LogP contribution in [0, 0.1) is 0 Å². The van der Waals surface area contributed by atoms with Gasteiger partial charge in [-0.25, -0.2) is 28.1 Å². The van der Waals surface area contributed by atoms with Gasteiger partial charge in [-0.2, -0.15) is 4.98 Å². The number of aliphatic hydroxyl groups is 1. The van der Waals surface area contributed by atoms with Crippen molar-refractivity contribution >= 4 is 34.2 Å². The van der Waals surface area contributed by atoms with Crippen LogP contribution in [0.15, 0.2) is 30.7 Å². The quantitative estimate of drug-likeness (QED) is 0.541. The second-order valence-corrected chi connectivity index (χ2v) is 10.1. The van der Waals surface area contributed by atoms with Crippen molar-refractivity contribution in [2.45, 2.75) is 57.2 Å². The van der Waals surface area contributed by atoms with Crippen LogP contribution in [0.3, 0.4) is 0 Å². The molecule has 3 aromatic heterocycles. The van der Waals surface area contributed by atoms with Crippen molar-refractivity contribution in [1.82, 2.24) is 19.9 Å². The molecule has 2 N–H and O–H groups in total. The maximum Gasteiger partial charge on any atom is 0.227 e. The van der Waals surface area contributed by atoms with E-state index >= 15 is 0 Å². The molecule has 8 nitrogen and oxygen atoms in total. The maximum atomic E-state index is 14.7. The van der Waals surface area contributed by atoms with E-state index in [0.717, 1.165) is 16.3 Å². The van der Waals surface area contributed by atoms with Gasteiger partial charge in [0.05, 0.1) is 25.7 Å². The molecule has 5 heterocycles. The smallest absolute Gasteiger partial charge is 0.227 e. The number of fused-ring (bicyclic) bond motifs is 1. The summed E-state index contributed by atoms with van der Waals surface area (Å²) in [5, 5.41) is 14.7. The number of aromatic nitrogens is 4. The molecule has 36 heavy (non-hydrogen) atoms. The fraction of sp³-hybridized carbons (Fsp3) is 0.520. The molecular formula is C25H30F3N7O. The minimum Gasteiger partial charge on any atom is -0.390 e. The van der Waals surface area contributed by atoms with Crippen LogP contribution < -0.4 is 15.1 Å². The average Bonchev–Trinajstić information content (AvgIpc) is 3.17. The zero-order valence-corrected chi connectivity index (χ0v) is 20.5. The first kappa shape index (κ1) is 24.5. The van der Waals surface area contributed by atoms with Crippen molar-refractivity contribution in [3.8, 4) is 0 Å². The highest BCUT2D eigenvalue weighted by molar-refractivity contribution is 5.95. The van der Waals surface area contributed by atoms with Crippen molar-refractivity contribution in [2.24, 2.45) is 0 Å². The van der Waals surface area contributed by atoms with E-state index in [-0.39, 0.29) is 32.0 Å². The van der Waals surface area contributed by atoms with Crippen LogP contribution in [0.1, 0.15) is 38.7 Å². The number of aliphatic hydroxyl groups excluding tert-OH is 1. The second kappa shape index (κ2) is 9.34. The van der Waals surface area contributed by atoms with Crippen molar-refractivity contribution in [1.29, 1.82) is 0 Å². The SMILES string of the molecule is CC(C)c1cnc(N2C[C@@H](F)[C@H](F)C2)c2cnc(Nc3ccnc(N4CC[C@@H](O)[C@@](C)(F)C4)n3)cc12. The largest absolute Gasteiger partial charge is 0.390 e. The summed E-state index contributed by atoms with van der Waals surface area (Å²) in [5.74, 6) is 2.06. The summed E-state index contributed by atoms with van der Waals surface area (Å²) >= 11 is 0. The Morgan fingerprint density at radius 3 is 2.50 bits per heavy atom. The van der Waals surface area contributed by atoms with E-state index in [0.29, 0.717) is 29.9 Å². The Hall–Kier alpha value is -3.21.